The summed E-state index contributed by atoms with van der Waals surface area (Å²) in [6, 6.07) is -0.707. The molecule has 0 spiro atoms. The summed E-state index contributed by atoms with van der Waals surface area (Å²) in [5.41, 5.74) is 0. The van der Waals surface area contributed by atoms with Gasteiger partial charge in [-0.3, -0.25) is 9.59 Å². The number of aliphatic hydroxyl groups is 2. The number of unbranched alkanes of at least 4 members (excludes halogenated alkanes) is 25. The topological polar surface area (TPSA) is 95.9 Å². The smallest absolute Gasteiger partial charge is 0.306 e. The van der Waals surface area contributed by atoms with E-state index in [0.717, 1.165) is 89.9 Å². The van der Waals surface area contributed by atoms with Gasteiger partial charge in [0.2, 0.25) is 5.91 Å². The van der Waals surface area contributed by atoms with Gasteiger partial charge in [0.25, 0.3) is 0 Å². The monoisotopic (exact) mass is 868 g/mol. The van der Waals surface area contributed by atoms with Gasteiger partial charge in [-0.25, -0.2) is 0 Å². The molecule has 0 bridgehead atoms. The quantitative estimate of drug-likeness (QED) is 0.0322. The Morgan fingerprint density at radius 1 is 0.484 bits per heavy atom. The lowest BCUT2D eigenvalue weighted by Crippen LogP contribution is -2.46. The third-order valence-electron chi connectivity index (χ3n) is 11.9. The largest absolute Gasteiger partial charge is 0.462 e. The predicted octanol–water partition coefficient (Wildman–Crippen LogP) is 16.0. The van der Waals surface area contributed by atoms with Crippen molar-refractivity contribution in [3.63, 3.8) is 0 Å². The van der Waals surface area contributed by atoms with Gasteiger partial charge >= 0.3 is 5.97 Å². The second-order valence-corrected chi connectivity index (χ2v) is 17.9. The van der Waals surface area contributed by atoms with Gasteiger partial charge in [-0.1, -0.05) is 236 Å². The zero-order chi connectivity index (χ0) is 45.2. The second-order valence-electron chi connectivity index (χ2n) is 17.9. The lowest BCUT2D eigenvalue weighted by molar-refractivity contribution is -0.151. The van der Waals surface area contributed by atoms with Crippen molar-refractivity contribution in [2.75, 3.05) is 6.61 Å². The van der Waals surface area contributed by atoms with Gasteiger partial charge in [-0.15, -0.1) is 0 Å². The maximum Gasteiger partial charge on any atom is 0.306 e. The van der Waals surface area contributed by atoms with E-state index in [2.05, 4.69) is 86.8 Å². The zero-order valence-electron chi connectivity index (χ0n) is 41.0. The Hall–Kier alpha value is -2.44. The number of hydrogen-bond acceptors (Lipinski definition) is 5. The molecule has 0 rings (SSSR count). The SMILES string of the molecule is CC/C=C\C/C=C\C/C=C\C/C=C\C/C=C\CCCCCC(=O)OC(CCCCCCCCCCCCCCCCC)CC(=O)NC(CO)C(O)CCCCCCCCCCC. The van der Waals surface area contributed by atoms with Crippen molar-refractivity contribution in [3.8, 4) is 0 Å². The minimum atomic E-state index is -0.792. The summed E-state index contributed by atoms with van der Waals surface area (Å²) in [6.07, 6.45) is 61.4. The molecule has 3 unspecified atom stereocenters. The summed E-state index contributed by atoms with van der Waals surface area (Å²) in [7, 11) is 0. The van der Waals surface area contributed by atoms with E-state index in [1.807, 2.05) is 0 Å². The van der Waals surface area contributed by atoms with Crippen LogP contribution >= 0.6 is 0 Å². The fraction of sp³-hybridized carbons (Fsp3) is 0.786. The van der Waals surface area contributed by atoms with Crippen LogP contribution in [-0.2, 0) is 14.3 Å². The third kappa shape index (κ3) is 44.2. The number of nitrogens with one attached hydrogen (secondary N) is 1. The minimum Gasteiger partial charge on any atom is -0.462 e. The van der Waals surface area contributed by atoms with Crippen LogP contribution in [-0.4, -0.2) is 46.9 Å². The molecule has 6 nitrogen and oxygen atoms in total. The van der Waals surface area contributed by atoms with E-state index in [-0.39, 0.29) is 24.9 Å². The highest BCUT2D eigenvalue weighted by Gasteiger charge is 2.24. The van der Waals surface area contributed by atoms with E-state index >= 15 is 0 Å². The lowest BCUT2D eigenvalue weighted by Gasteiger charge is -2.24. The number of amides is 1. The van der Waals surface area contributed by atoms with Crippen LogP contribution in [0.3, 0.4) is 0 Å². The Morgan fingerprint density at radius 3 is 1.31 bits per heavy atom. The van der Waals surface area contributed by atoms with Gasteiger partial charge in [-0.05, 0) is 70.6 Å². The standard InChI is InChI=1S/C56H101NO5/c1-4-7-10-13-16-19-21-23-25-26-27-28-30-32-34-37-40-43-46-49-56(61)62-52(47-44-41-38-36-33-31-29-24-22-20-17-14-11-8-5-2)50-55(60)57-53(51-58)54(59)48-45-42-39-35-18-15-12-9-6-3/h7,10,16,19,23,25,27-28,32,34,52-54,58-59H,4-6,8-9,11-15,17-18,20-22,24,26,29-31,33,35-51H2,1-3H3,(H,57,60)/b10-7-,19-16-,25-23-,28-27-,34-32-. The Labute approximate surface area is 384 Å². The minimum absolute atomic E-state index is 0.0651. The van der Waals surface area contributed by atoms with Gasteiger partial charge in [0, 0.05) is 6.42 Å². The first-order valence-electron chi connectivity index (χ1n) is 26.5. The summed E-state index contributed by atoms with van der Waals surface area (Å²) in [5, 5.41) is 23.7. The summed E-state index contributed by atoms with van der Waals surface area (Å²) in [5.74, 6) is -0.506. The molecular formula is C56H101NO5. The Bertz CT molecular complexity index is 1110. The molecule has 0 saturated heterocycles. The molecule has 0 aliphatic heterocycles. The van der Waals surface area contributed by atoms with Gasteiger partial charge in [0.1, 0.15) is 6.10 Å². The molecule has 360 valence electrons. The molecule has 0 saturated carbocycles. The van der Waals surface area contributed by atoms with Crippen LogP contribution in [0, 0.1) is 0 Å². The molecule has 6 heteroatoms. The molecule has 62 heavy (non-hydrogen) atoms. The van der Waals surface area contributed by atoms with Crippen molar-refractivity contribution in [1.82, 2.24) is 5.32 Å². The fourth-order valence-corrected chi connectivity index (χ4v) is 7.87. The number of hydrogen-bond donors (Lipinski definition) is 3. The van der Waals surface area contributed by atoms with Crippen LogP contribution in [0.4, 0.5) is 0 Å². The normalized spacial score (nSPS) is 13.7. The number of allylic oxidation sites excluding steroid dienone is 10. The number of carbonyl (C=O) groups is 2. The molecule has 0 fully saturated rings. The number of esters is 1. The second kappa shape index (κ2) is 49.6. The third-order valence-corrected chi connectivity index (χ3v) is 11.9. The number of rotatable bonds is 47. The molecule has 0 aliphatic carbocycles. The van der Waals surface area contributed by atoms with Crippen molar-refractivity contribution in [2.45, 2.75) is 277 Å². The van der Waals surface area contributed by atoms with Crippen LogP contribution in [0.25, 0.3) is 0 Å². The van der Waals surface area contributed by atoms with Crippen LogP contribution < -0.4 is 5.32 Å². The van der Waals surface area contributed by atoms with E-state index in [4.69, 9.17) is 4.74 Å². The van der Waals surface area contributed by atoms with Crippen molar-refractivity contribution in [2.24, 2.45) is 0 Å². The van der Waals surface area contributed by atoms with Crippen molar-refractivity contribution in [3.05, 3.63) is 60.8 Å². The number of aliphatic hydroxyl groups excluding tert-OH is 2. The van der Waals surface area contributed by atoms with Gasteiger partial charge in [0.15, 0.2) is 0 Å². The summed E-state index contributed by atoms with van der Waals surface area (Å²) in [6.45, 7) is 6.36. The maximum atomic E-state index is 13.2. The Balaban J connectivity index is 4.60. The average molecular weight is 868 g/mol. The van der Waals surface area contributed by atoms with Crippen LogP contribution in [0.5, 0.6) is 0 Å². The summed E-state index contributed by atoms with van der Waals surface area (Å²) in [4.78, 5) is 26.1. The molecule has 0 aromatic carbocycles. The molecule has 1 amide bonds. The maximum absolute atomic E-state index is 13.2. The average Bonchev–Trinajstić information content (AvgIpc) is 3.26. The van der Waals surface area contributed by atoms with Gasteiger partial charge in [-0.2, -0.15) is 0 Å². The van der Waals surface area contributed by atoms with E-state index < -0.39 is 18.2 Å². The zero-order valence-corrected chi connectivity index (χ0v) is 41.0. The highest BCUT2D eigenvalue weighted by atomic mass is 16.5. The molecule has 0 aromatic rings. The number of carbonyl (C=O) groups excluding carboxylic acids is 2. The van der Waals surface area contributed by atoms with Crippen molar-refractivity contribution >= 4 is 11.9 Å². The van der Waals surface area contributed by atoms with E-state index in [0.29, 0.717) is 19.3 Å². The Morgan fingerprint density at radius 2 is 0.871 bits per heavy atom. The fourth-order valence-electron chi connectivity index (χ4n) is 7.87. The highest BCUT2D eigenvalue weighted by molar-refractivity contribution is 5.77. The lowest BCUT2D eigenvalue weighted by atomic mass is 10.0. The molecule has 3 N–H and O–H groups in total. The van der Waals surface area contributed by atoms with Crippen LogP contribution in [0.2, 0.25) is 0 Å². The van der Waals surface area contributed by atoms with E-state index in [1.165, 1.54) is 122 Å². The van der Waals surface area contributed by atoms with Crippen molar-refractivity contribution in [1.29, 1.82) is 0 Å². The molecular weight excluding hydrogens is 767 g/mol. The predicted molar refractivity (Wildman–Crippen MR) is 268 cm³/mol. The highest BCUT2D eigenvalue weighted by Crippen LogP contribution is 2.18. The first-order chi connectivity index (χ1) is 30.5. The molecule has 0 radical (unpaired) electrons. The first-order valence-corrected chi connectivity index (χ1v) is 26.5. The van der Waals surface area contributed by atoms with Gasteiger partial charge < -0.3 is 20.3 Å². The summed E-state index contributed by atoms with van der Waals surface area (Å²) >= 11 is 0. The Kier molecular flexibility index (Phi) is 47.6. The van der Waals surface area contributed by atoms with E-state index in [1.54, 1.807) is 0 Å². The van der Waals surface area contributed by atoms with Gasteiger partial charge in [0.05, 0.1) is 25.2 Å². The van der Waals surface area contributed by atoms with Crippen molar-refractivity contribution < 1.29 is 24.5 Å². The molecule has 0 aromatic heterocycles. The molecule has 0 aliphatic rings. The first kappa shape index (κ1) is 59.6. The number of ether oxygens (including phenoxy) is 1. The molecule has 0 heterocycles. The van der Waals surface area contributed by atoms with E-state index in [9.17, 15) is 19.8 Å². The summed E-state index contributed by atoms with van der Waals surface area (Å²) < 4.78 is 5.93. The van der Waals surface area contributed by atoms with Crippen LogP contribution in [0.1, 0.15) is 258 Å². The molecule has 3 atom stereocenters. The van der Waals surface area contributed by atoms with Crippen LogP contribution in [0.15, 0.2) is 60.8 Å².